The summed E-state index contributed by atoms with van der Waals surface area (Å²) >= 11 is 0. The molecule has 2 atom stereocenters. The zero-order chi connectivity index (χ0) is 23.6. The van der Waals surface area contributed by atoms with Crippen molar-refractivity contribution in [3.8, 4) is 0 Å². The number of ether oxygens (including phenoxy) is 3. The van der Waals surface area contributed by atoms with Gasteiger partial charge in [-0.25, -0.2) is 4.79 Å². The van der Waals surface area contributed by atoms with E-state index in [4.69, 9.17) is 14.2 Å². The van der Waals surface area contributed by atoms with Gasteiger partial charge in [-0.1, -0.05) is 45.0 Å². The second-order valence-corrected chi connectivity index (χ2v) is 9.10. The van der Waals surface area contributed by atoms with Crippen molar-refractivity contribution in [3.63, 3.8) is 0 Å². The van der Waals surface area contributed by atoms with Crippen LogP contribution in [0.5, 0.6) is 0 Å². The number of benzene rings is 1. The minimum atomic E-state index is -0.815. The minimum Gasteiger partial charge on any atom is -0.452 e. The van der Waals surface area contributed by atoms with Crippen LogP contribution in [-0.2, 0) is 31.5 Å². The van der Waals surface area contributed by atoms with Crippen LogP contribution in [-0.4, -0.2) is 48.0 Å². The first-order valence-electron chi connectivity index (χ1n) is 10.8. The van der Waals surface area contributed by atoms with Crippen molar-refractivity contribution in [2.75, 3.05) is 13.7 Å². The molecule has 0 saturated heterocycles. The Morgan fingerprint density at radius 1 is 1.16 bits per heavy atom. The molecule has 0 radical (unpaired) electrons. The van der Waals surface area contributed by atoms with E-state index in [-0.39, 0.29) is 18.1 Å². The number of aromatic nitrogens is 2. The van der Waals surface area contributed by atoms with E-state index < -0.39 is 12.3 Å². The number of rotatable bonds is 8. The highest BCUT2D eigenvalue weighted by atomic mass is 16.7. The summed E-state index contributed by atoms with van der Waals surface area (Å²) in [5, 5.41) is 4.57. The monoisotopic (exact) mass is 439 g/mol. The Morgan fingerprint density at radius 2 is 1.78 bits per heavy atom. The number of carbonyl (C=O) groups is 1. The third-order valence-electron chi connectivity index (χ3n) is 5.48. The molecule has 3 rings (SSSR count). The van der Waals surface area contributed by atoms with Crippen LogP contribution in [0.1, 0.15) is 55.8 Å². The van der Waals surface area contributed by atoms with Gasteiger partial charge in [0.2, 0.25) is 6.29 Å². The van der Waals surface area contributed by atoms with Gasteiger partial charge in [-0.2, -0.15) is 5.10 Å². The lowest BCUT2D eigenvalue weighted by Gasteiger charge is -2.23. The SMILES string of the molecule is COCC(=O)OC(C)O/C(=C(\c1ccc(C(C)(C)C)cc1)C1C=N1)c1c(C)c(C)nn1C. The van der Waals surface area contributed by atoms with E-state index in [1.54, 1.807) is 11.6 Å². The molecular weight excluding hydrogens is 406 g/mol. The van der Waals surface area contributed by atoms with Gasteiger partial charge < -0.3 is 14.2 Å². The van der Waals surface area contributed by atoms with Gasteiger partial charge in [0, 0.05) is 38.4 Å². The van der Waals surface area contributed by atoms with Crippen LogP contribution in [0.25, 0.3) is 11.3 Å². The third kappa shape index (κ3) is 5.27. The van der Waals surface area contributed by atoms with Gasteiger partial charge in [0.25, 0.3) is 0 Å². The number of esters is 1. The number of aliphatic imine (C=N–C) groups is 1. The molecule has 2 unspecified atom stereocenters. The van der Waals surface area contributed by atoms with E-state index in [1.807, 2.05) is 27.1 Å². The molecule has 1 aromatic carbocycles. The molecule has 7 heteroatoms. The standard InChI is InChI=1S/C25H33N3O4/c1-15-16(2)27-28(7)23(15)24(32-17(3)31-21(29)14-30-8)22(20-13-26-20)18-9-11-19(12-10-18)25(4,5)6/h9-13,17,20H,14H2,1-8H3/b24-22+. The van der Waals surface area contributed by atoms with Crippen LogP contribution in [0.15, 0.2) is 29.3 Å². The fourth-order valence-corrected chi connectivity index (χ4v) is 3.63. The van der Waals surface area contributed by atoms with E-state index in [0.717, 1.165) is 28.1 Å². The summed E-state index contributed by atoms with van der Waals surface area (Å²) in [5.74, 6) is 0.116. The van der Waals surface area contributed by atoms with Gasteiger partial charge in [0.1, 0.15) is 18.3 Å². The molecule has 7 nitrogen and oxygen atoms in total. The molecule has 0 spiro atoms. The summed E-state index contributed by atoms with van der Waals surface area (Å²) in [6, 6.07) is 8.38. The Morgan fingerprint density at radius 3 is 2.25 bits per heavy atom. The molecule has 2 heterocycles. The van der Waals surface area contributed by atoms with Gasteiger partial charge in [0.05, 0.1) is 5.69 Å². The average molecular weight is 440 g/mol. The first-order valence-corrected chi connectivity index (χ1v) is 10.8. The van der Waals surface area contributed by atoms with Crippen molar-refractivity contribution < 1.29 is 19.0 Å². The average Bonchev–Trinajstić information content (AvgIpc) is 3.48. The lowest BCUT2D eigenvalue weighted by molar-refractivity contribution is -0.168. The molecule has 0 amide bonds. The van der Waals surface area contributed by atoms with Gasteiger partial charge >= 0.3 is 5.97 Å². The maximum Gasteiger partial charge on any atom is 0.335 e. The summed E-state index contributed by atoms with van der Waals surface area (Å²) in [6.07, 6.45) is 1.07. The van der Waals surface area contributed by atoms with Crippen molar-refractivity contribution in [3.05, 3.63) is 52.3 Å². The molecule has 0 bridgehead atoms. The normalized spacial score (nSPS) is 17.1. The minimum absolute atomic E-state index is 0.0532. The highest BCUT2D eigenvalue weighted by Gasteiger charge is 2.31. The summed E-state index contributed by atoms with van der Waals surface area (Å²) in [6.45, 7) is 12.1. The second-order valence-electron chi connectivity index (χ2n) is 9.10. The van der Waals surface area contributed by atoms with Crippen LogP contribution >= 0.6 is 0 Å². The third-order valence-corrected chi connectivity index (χ3v) is 5.48. The number of methoxy groups -OCH3 is 1. The predicted molar refractivity (Wildman–Crippen MR) is 125 cm³/mol. The zero-order valence-electron chi connectivity index (χ0n) is 20.2. The predicted octanol–water partition coefficient (Wildman–Crippen LogP) is 4.21. The maximum atomic E-state index is 11.9. The smallest absolute Gasteiger partial charge is 0.335 e. The Labute approximate surface area is 190 Å². The number of nitrogens with zero attached hydrogens (tertiary/aromatic N) is 3. The Balaban J connectivity index is 2.10. The maximum absolute atomic E-state index is 11.9. The van der Waals surface area contributed by atoms with E-state index in [2.05, 4.69) is 55.1 Å². The van der Waals surface area contributed by atoms with Crippen molar-refractivity contribution in [1.82, 2.24) is 9.78 Å². The molecule has 0 aliphatic carbocycles. The van der Waals surface area contributed by atoms with Crippen LogP contribution in [0.4, 0.5) is 0 Å². The largest absolute Gasteiger partial charge is 0.452 e. The molecule has 0 N–H and O–H groups in total. The summed E-state index contributed by atoms with van der Waals surface area (Å²) in [4.78, 5) is 16.4. The van der Waals surface area contributed by atoms with Gasteiger partial charge in [-0.3, -0.25) is 9.67 Å². The quantitative estimate of drug-likeness (QED) is 0.350. The zero-order valence-corrected chi connectivity index (χ0v) is 20.2. The molecule has 1 aliphatic heterocycles. The van der Waals surface area contributed by atoms with Crippen LogP contribution in [0.2, 0.25) is 0 Å². The Bertz CT molecular complexity index is 1040. The number of hydrogen-bond acceptors (Lipinski definition) is 6. The van der Waals surface area contributed by atoms with Crippen LogP contribution in [0, 0.1) is 13.8 Å². The van der Waals surface area contributed by atoms with Crippen molar-refractivity contribution >= 4 is 23.5 Å². The van der Waals surface area contributed by atoms with Crippen molar-refractivity contribution in [2.24, 2.45) is 12.0 Å². The van der Waals surface area contributed by atoms with Crippen LogP contribution < -0.4 is 0 Å². The molecule has 2 aromatic rings. The highest BCUT2D eigenvalue weighted by Crippen LogP contribution is 2.37. The lowest BCUT2D eigenvalue weighted by atomic mass is 9.85. The van der Waals surface area contributed by atoms with Gasteiger partial charge in [-0.05, 0) is 30.4 Å². The molecular formula is C25H33N3O4. The second kappa shape index (κ2) is 9.28. The van der Waals surface area contributed by atoms with Crippen LogP contribution in [0.3, 0.4) is 0 Å². The lowest BCUT2D eigenvalue weighted by Crippen LogP contribution is -2.22. The summed E-state index contributed by atoms with van der Waals surface area (Å²) in [7, 11) is 3.33. The molecule has 172 valence electrons. The van der Waals surface area contributed by atoms with E-state index >= 15 is 0 Å². The van der Waals surface area contributed by atoms with Crippen molar-refractivity contribution in [2.45, 2.75) is 59.3 Å². The first-order chi connectivity index (χ1) is 15.0. The van der Waals surface area contributed by atoms with E-state index in [9.17, 15) is 4.79 Å². The summed E-state index contributed by atoms with van der Waals surface area (Å²) < 4.78 is 18.3. The van der Waals surface area contributed by atoms with Gasteiger partial charge in [-0.15, -0.1) is 0 Å². The fourth-order valence-electron chi connectivity index (χ4n) is 3.63. The first kappa shape index (κ1) is 23.7. The van der Waals surface area contributed by atoms with Gasteiger partial charge in [0.15, 0.2) is 5.76 Å². The molecule has 0 saturated carbocycles. The summed E-state index contributed by atoms with van der Waals surface area (Å²) in [5.41, 5.74) is 5.97. The van der Waals surface area contributed by atoms with Crippen molar-refractivity contribution in [1.29, 1.82) is 0 Å². The molecule has 1 aromatic heterocycles. The Hall–Kier alpha value is -2.93. The fraction of sp³-hybridized carbons (Fsp3) is 0.480. The number of carbonyl (C=O) groups excluding carboxylic acids is 1. The molecule has 0 fully saturated rings. The number of hydrogen-bond donors (Lipinski definition) is 0. The van der Waals surface area contributed by atoms with E-state index in [1.165, 1.54) is 12.7 Å². The van der Waals surface area contributed by atoms with E-state index in [0.29, 0.717) is 5.76 Å². The Kier molecular flexibility index (Phi) is 6.88. The highest BCUT2D eigenvalue weighted by molar-refractivity contribution is 6.04. The topological polar surface area (TPSA) is 74.9 Å². The number of aryl methyl sites for hydroxylation is 2. The molecule has 1 aliphatic rings. The molecule has 32 heavy (non-hydrogen) atoms.